The molecule has 0 radical (unpaired) electrons. The molecule has 1 nitrogen and oxygen atoms in total. The summed E-state index contributed by atoms with van der Waals surface area (Å²) in [6, 6.07) is 10.4. The van der Waals surface area contributed by atoms with Crippen LogP contribution in [0, 0.1) is 5.82 Å². The monoisotopic (exact) mass is 255 g/mol. The average Bonchev–Trinajstić information content (AvgIpc) is 2.32. The van der Waals surface area contributed by atoms with Crippen LogP contribution >= 0.6 is 0 Å². The first-order chi connectivity index (χ1) is 8.47. The number of rotatable bonds is 2. The van der Waals surface area contributed by atoms with Gasteiger partial charge in [-0.1, -0.05) is 12.1 Å². The van der Waals surface area contributed by atoms with Gasteiger partial charge in [0.2, 0.25) is 0 Å². The largest absolute Gasteiger partial charge is 0.416 e. The maximum absolute atomic E-state index is 13.3. The lowest BCUT2D eigenvalue weighted by Gasteiger charge is -2.10. The molecule has 0 fully saturated rings. The van der Waals surface area contributed by atoms with Gasteiger partial charge in [-0.15, -0.1) is 0 Å². The van der Waals surface area contributed by atoms with E-state index in [1.807, 2.05) is 0 Å². The number of hydrogen-bond acceptors (Lipinski definition) is 1. The summed E-state index contributed by atoms with van der Waals surface area (Å²) in [6.07, 6.45) is -4.36. The number of anilines is 2. The predicted octanol–water partition coefficient (Wildman–Crippen LogP) is 4.59. The van der Waals surface area contributed by atoms with E-state index in [0.29, 0.717) is 5.69 Å². The number of hydrogen-bond donors (Lipinski definition) is 1. The highest BCUT2D eigenvalue weighted by atomic mass is 19.4. The van der Waals surface area contributed by atoms with E-state index in [9.17, 15) is 17.6 Å². The van der Waals surface area contributed by atoms with E-state index < -0.39 is 17.6 Å². The Morgan fingerprint density at radius 1 is 0.833 bits per heavy atom. The molecule has 0 atom stereocenters. The molecular weight excluding hydrogens is 246 g/mol. The van der Waals surface area contributed by atoms with Crippen molar-refractivity contribution in [3.05, 3.63) is 59.9 Å². The molecule has 1 N–H and O–H groups in total. The Kier molecular flexibility index (Phi) is 3.23. The van der Waals surface area contributed by atoms with Crippen LogP contribution in [-0.4, -0.2) is 0 Å². The van der Waals surface area contributed by atoms with E-state index in [4.69, 9.17) is 0 Å². The number of para-hydroxylation sites is 1. The summed E-state index contributed by atoms with van der Waals surface area (Å²) < 4.78 is 50.3. The first-order valence-corrected chi connectivity index (χ1v) is 5.15. The van der Waals surface area contributed by atoms with E-state index in [-0.39, 0.29) is 5.69 Å². The Morgan fingerprint density at radius 3 is 2.00 bits per heavy atom. The molecule has 2 aromatic rings. The molecular formula is C13H9F4N. The Morgan fingerprint density at radius 2 is 1.44 bits per heavy atom. The van der Waals surface area contributed by atoms with Crippen LogP contribution in [0.5, 0.6) is 0 Å². The fourth-order valence-electron chi connectivity index (χ4n) is 1.46. The van der Waals surface area contributed by atoms with Crippen LogP contribution in [0.1, 0.15) is 5.56 Å². The van der Waals surface area contributed by atoms with Gasteiger partial charge in [0.15, 0.2) is 0 Å². The third-order valence-corrected chi connectivity index (χ3v) is 2.37. The van der Waals surface area contributed by atoms with Gasteiger partial charge in [-0.2, -0.15) is 13.2 Å². The topological polar surface area (TPSA) is 12.0 Å². The number of alkyl halides is 3. The number of benzene rings is 2. The van der Waals surface area contributed by atoms with Gasteiger partial charge in [0.25, 0.3) is 0 Å². The molecule has 5 heteroatoms. The van der Waals surface area contributed by atoms with Gasteiger partial charge in [-0.05, 0) is 36.4 Å². The summed E-state index contributed by atoms with van der Waals surface area (Å²) >= 11 is 0. The van der Waals surface area contributed by atoms with Crippen molar-refractivity contribution in [2.75, 3.05) is 5.32 Å². The zero-order chi connectivity index (χ0) is 13.2. The van der Waals surface area contributed by atoms with Crippen LogP contribution in [0.2, 0.25) is 0 Å². The maximum Gasteiger partial charge on any atom is 0.416 e. The fraction of sp³-hybridized carbons (Fsp3) is 0.0769. The third-order valence-electron chi connectivity index (χ3n) is 2.37. The minimum absolute atomic E-state index is 0.220. The second-order valence-electron chi connectivity index (χ2n) is 3.68. The molecule has 94 valence electrons. The van der Waals surface area contributed by atoms with E-state index in [1.165, 1.54) is 30.3 Å². The van der Waals surface area contributed by atoms with Crippen molar-refractivity contribution in [3.63, 3.8) is 0 Å². The summed E-state index contributed by atoms with van der Waals surface area (Å²) in [4.78, 5) is 0. The molecule has 0 spiro atoms. The number of nitrogens with one attached hydrogen (secondary N) is 1. The summed E-state index contributed by atoms with van der Waals surface area (Å²) in [5, 5.41) is 2.71. The SMILES string of the molecule is Fc1ccccc1Nc1ccc(C(F)(F)F)cc1. The summed E-state index contributed by atoms with van der Waals surface area (Å²) in [6.45, 7) is 0. The molecule has 0 amide bonds. The molecule has 2 rings (SSSR count). The van der Waals surface area contributed by atoms with Crippen molar-refractivity contribution in [1.82, 2.24) is 0 Å². The zero-order valence-corrected chi connectivity index (χ0v) is 9.13. The Hall–Kier alpha value is -2.04. The van der Waals surface area contributed by atoms with Gasteiger partial charge >= 0.3 is 6.18 Å². The molecule has 18 heavy (non-hydrogen) atoms. The normalized spacial score (nSPS) is 11.3. The minimum atomic E-state index is -4.36. The molecule has 0 aliphatic rings. The van der Waals surface area contributed by atoms with Gasteiger partial charge < -0.3 is 5.32 Å². The van der Waals surface area contributed by atoms with Gasteiger partial charge in [0, 0.05) is 5.69 Å². The van der Waals surface area contributed by atoms with Crippen LogP contribution in [0.25, 0.3) is 0 Å². The summed E-state index contributed by atoms with van der Waals surface area (Å²) in [7, 11) is 0. The standard InChI is InChI=1S/C13H9F4N/c14-11-3-1-2-4-12(11)18-10-7-5-9(6-8-10)13(15,16)17/h1-8,18H. The second kappa shape index (κ2) is 4.68. The fourth-order valence-corrected chi connectivity index (χ4v) is 1.46. The van der Waals surface area contributed by atoms with Gasteiger partial charge in [-0.25, -0.2) is 4.39 Å². The third kappa shape index (κ3) is 2.80. The van der Waals surface area contributed by atoms with Crippen molar-refractivity contribution >= 4 is 11.4 Å². The van der Waals surface area contributed by atoms with E-state index >= 15 is 0 Å². The quantitative estimate of drug-likeness (QED) is 0.774. The Bertz CT molecular complexity index is 531. The molecule has 0 heterocycles. The van der Waals surface area contributed by atoms with Crippen LogP contribution in [0.4, 0.5) is 28.9 Å². The average molecular weight is 255 g/mol. The van der Waals surface area contributed by atoms with Crippen molar-refractivity contribution in [1.29, 1.82) is 0 Å². The molecule has 0 aliphatic heterocycles. The van der Waals surface area contributed by atoms with Gasteiger partial charge in [-0.3, -0.25) is 0 Å². The maximum atomic E-state index is 13.3. The van der Waals surface area contributed by atoms with Crippen molar-refractivity contribution in [3.8, 4) is 0 Å². The summed E-state index contributed by atoms with van der Waals surface area (Å²) in [5.74, 6) is -0.461. The van der Waals surface area contributed by atoms with E-state index in [0.717, 1.165) is 12.1 Å². The van der Waals surface area contributed by atoms with Gasteiger partial charge in [0.1, 0.15) is 5.82 Å². The molecule has 0 saturated carbocycles. The number of halogens is 4. The van der Waals surface area contributed by atoms with Crippen molar-refractivity contribution < 1.29 is 17.6 Å². The highest BCUT2D eigenvalue weighted by molar-refractivity contribution is 5.60. The van der Waals surface area contributed by atoms with Crippen LogP contribution in [0.3, 0.4) is 0 Å². The lowest BCUT2D eigenvalue weighted by Crippen LogP contribution is -2.04. The first kappa shape index (κ1) is 12.4. The predicted molar refractivity (Wildman–Crippen MR) is 61.1 cm³/mol. The van der Waals surface area contributed by atoms with Crippen molar-refractivity contribution in [2.24, 2.45) is 0 Å². The molecule has 0 unspecified atom stereocenters. The summed E-state index contributed by atoms with van der Waals surface area (Å²) in [5.41, 5.74) is -0.119. The Labute approximate surface area is 101 Å². The molecule has 0 saturated heterocycles. The first-order valence-electron chi connectivity index (χ1n) is 5.15. The van der Waals surface area contributed by atoms with Gasteiger partial charge in [0.05, 0.1) is 11.3 Å². The highest BCUT2D eigenvalue weighted by Gasteiger charge is 2.29. The van der Waals surface area contributed by atoms with E-state index in [2.05, 4.69) is 5.32 Å². The van der Waals surface area contributed by atoms with Crippen LogP contribution in [0.15, 0.2) is 48.5 Å². The highest BCUT2D eigenvalue weighted by Crippen LogP contribution is 2.30. The smallest absolute Gasteiger partial charge is 0.353 e. The molecule has 0 bridgehead atoms. The van der Waals surface area contributed by atoms with Crippen LogP contribution < -0.4 is 5.32 Å². The van der Waals surface area contributed by atoms with E-state index in [1.54, 1.807) is 6.07 Å². The molecule has 2 aromatic carbocycles. The van der Waals surface area contributed by atoms with Crippen molar-refractivity contribution in [2.45, 2.75) is 6.18 Å². The Balaban J connectivity index is 2.19. The lowest BCUT2D eigenvalue weighted by molar-refractivity contribution is -0.137. The van der Waals surface area contributed by atoms with Crippen LogP contribution in [-0.2, 0) is 6.18 Å². The zero-order valence-electron chi connectivity index (χ0n) is 9.13. The molecule has 0 aliphatic carbocycles. The molecule has 0 aromatic heterocycles. The second-order valence-corrected chi connectivity index (χ2v) is 3.68. The lowest BCUT2D eigenvalue weighted by atomic mass is 10.2. The minimum Gasteiger partial charge on any atom is -0.353 e.